The summed E-state index contributed by atoms with van der Waals surface area (Å²) in [5, 5.41) is 0. The number of nitrogens with one attached hydrogen (secondary N) is 1. The van der Waals surface area contributed by atoms with Crippen molar-refractivity contribution in [2.45, 2.75) is 26.7 Å². The van der Waals surface area contributed by atoms with Gasteiger partial charge in [0.2, 0.25) is 5.88 Å². The maximum atomic E-state index is 5.75. The standard InChI is InChI=1S/C14H18N4O/c1-9(2)14-16-12(18-15)8-13(17-14)19-11-6-4-5-10(3)7-11/h4-9H,15H2,1-3H3,(H,16,17,18). The average Bonchev–Trinajstić information content (AvgIpc) is 2.38. The summed E-state index contributed by atoms with van der Waals surface area (Å²) in [5.41, 5.74) is 3.66. The molecular weight excluding hydrogens is 240 g/mol. The second-order valence-corrected chi connectivity index (χ2v) is 4.67. The molecule has 0 unspecified atom stereocenters. The van der Waals surface area contributed by atoms with E-state index in [2.05, 4.69) is 15.4 Å². The molecule has 0 aliphatic heterocycles. The number of rotatable bonds is 4. The average molecular weight is 258 g/mol. The van der Waals surface area contributed by atoms with Crippen molar-refractivity contribution in [1.82, 2.24) is 9.97 Å². The molecule has 3 N–H and O–H groups in total. The van der Waals surface area contributed by atoms with Crippen molar-refractivity contribution in [1.29, 1.82) is 0 Å². The highest BCUT2D eigenvalue weighted by atomic mass is 16.5. The molecule has 0 aliphatic carbocycles. The predicted octanol–water partition coefficient (Wildman–Crippen LogP) is 2.99. The topological polar surface area (TPSA) is 73.1 Å². The van der Waals surface area contributed by atoms with E-state index in [1.54, 1.807) is 6.07 Å². The second kappa shape index (κ2) is 5.67. The third kappa shape index (κ3) is 3.42. The van der Waals surface area contributed by atoms with Crippen molar-refractivity contribution in [3.05, 3.63) is 41.7 Å². The minimum absolute atomic E-state index is 0.202. The fourth-order valence-corrected chi connectivity index (χ4v) is 1.63. The first-order valence-electron chi connectivity index (χ1n) is 6.18. The molecular formula is C14H18N4O. The molecule has 0 aliphatic rings. The molecule has 0 amide bonds. The number of nitrogen functional groups attached to an aromatic ring is 1. The number of hydrogen-bond donors (Lipinski definition) is 2. The molecule has 5 heteroatoms. The lowest BCUT2D eigenvalue weighted by Crippen LogP contribution is -2.11. The van der Waals surface area contributed by atoms with Crippen molar-refractivity contribution in [3.63, 3.8) is 0 Å². The molecule has 0 atom stereocenters. The van der Waals surface area contributed by atoms with E-state index < -0.39 is 0 Å². The number of benzene rings is 1. The highest BCUT2D eigenvalue weighted by Crippen LogP contribution is 2.24. The Hall–Kier alpha value is -2.14. The van der Waals surface area contributed by atoms with Gasteiger partial charge in [0.15, 0.2) is 0 Å². The molecule has 0 fully saturated rings. The van der Waals surface area contributed by atoms with Crippen LogP contribution in [-0.4, -0.2) is 9.97 Å². The maximum absolute atomic E-state index is 5.75. The number of anilines is 1. The van der Waals surface area contributed by atoms with Crippen LogP contribution < -0.4 is 16.0 Å². The summed E-state index contributed by atoms with van der Waals surface area (Å²) in [6.07, 6.45) is 0. The highest BCUT2D eigenvalue weighted by molar-refractivity contribution is 5.39. The Labute approximate surface area is 112 Å². The Morgan fingerprint density at radius 3 is 2.63 bits per heavy atom. The summed E-state index contributed by atoms with van der Waals surface area (Å²) in [7, 11) is 0. The zero-order valence-electron chi connectivity index (χ0n) is 11.3. The number of nitrogens with two attached hydrogens (primary N) is 1. The molecule has 1 heterocycles. The SMILES string of the molecule is Cc1cccc(Oc2cc(NN)nc(C(C)C)n2)c1. The number of nitrogens with zero attached hydrogens (tertiary/aromatic N) is 2. The van der Waals surface area contributed by atoms with E-state index >= 15 is 0 Å². The normalized spacial score (nSPS) is 10.6. The Balaban J connectivity index is 2.31. The summed E-state index contributed by atoms with van der Waals surface area (Å²) < 4.78 is 5.75. The quantitative estimate of drug-likeness (QED) is 0.651. The smallest absolute Gasteiger partial charge is 0.224 e. The van der Waals surface area contributed by atoms with Crippen molar-refractivity contribution in [3.8, 4) is 11.6 Å². The van der Waals surface area contributed by atoms with Gasteiger partial charge in [0, 0.05) is 12.0 Å². The zero-order valence-corrected chi connectivity index (χ0v) is 11.3. The first-order valence-corrected chi connectivity index (χ1v) is 6.18. The van der Waals surface area contributed by atoms with Crippen LogP contribution in [0.5, 0.6) is 11.6 Å². The molecule has 19 heavy (non-hydrogen) atoms. The Kier molecular flexibility index (Phi) is 3.97. The third-order valence-electron chi connectivity index (χ3n) is 2.60. The van der Waals surface area contributed by atoms with E-state index in [0.717, 1.165) is 11.3 Å². The summed E-state index contributed by atoms with van der Waals surface area (Å²) in [5.74, 6) is 8.08. The largest absolute Gasteiger partial charge is 0.439 e. The van der Waals surface area contributed by atoms with Gasteiger partial charge >= 0.3 is 0 Å². The Morgan fingerprint density at radius 1 is 1.21 bits per heavy atom. The first-order chi connectivity index (χ1) is 9.08. The van der Waals surface area contributed by atoms with Crippen LogP contribution in [-0.2, 0) is 0 Å². The maximum Gasteiger partial charge on any atom is 0.224 e. The van der Waals surface area contributed by atoms with Crippen LogP contribution in [0.4, 0.5) is 5.82 Å². The summed E-state index contributed by atoms with van der Waals surface area (Å²) in [6.45, 7) is 6.05. The molecule has 2 aromatic rings. The van der Waals surface area contributed by atoms with E-state index in [0.29, 0.717) is 17.5 Å². The van der Waals surface area contributed by atoms with Gasteiger partial charge in [-0.05, 0) is 24.6 Å². The molecule has 2 rings (SSSR count). The van der Waals surface area contributed by atoms with Gasteiger partial charge in [0.25, 0.3) is 0 Å². The molecule has 100 valence electrons. The van der Waals surface area contributed by atoms with Gasteiger partial charge in [0.1, 0.15) is 17.4 Å². The minimum atomic E-state index is 0.202. The number of ether oxygens (including phenoxy) is 1. The molecule has 0 bridgehead atoms. The zero-order chi connectivity index (χ0) is 13.8. The third-order valence-corrected chi connectivity index (χ3v) is 2.60. The van der Waals surface area contributed by atoms with Gasteiger partial charge in [-0.25, -0.2) is 10.8 Å². The molecule has 0 radical (unpaired) electrons. The van der Waals surface area contributed by atoms with Gasteiger partial charge in [0.05, 0.1) is 0 Å². The van der Waals surface area contributed by atoms with E-state index in [4.69, 9.17) is 10.6 Å². The molecule has 0 saturated carbocycles. The van der Waals surface area contributed by atoms with Crippen LogP contribution in [0.15, 0.2) is 30.3 Å². The summed E-state index contributed by atoms with van der Waals surface area (Å²) in [6, 6.07) is 9.47. The molecule has 1 aromatic heterocycles. The fourth-order valence-electron chi connectivity index (χ4n) is 1.63. The monoisotopic (exact) mass is 258 g/mol. The van der Waals surface area contributed by atoms with E-state index in [9.17, 15) is 0 Å². The van der Waals surface area contributed by atoms with Crippen molar-refractivity contribution in [2.24, 2.45) is 5.84 Å². The predicted molar refractivity (Wildman–Crippen MR) is 75.2 cm³/mol. The second-order valence-electron chi connectivity index (χ2n) is 4.67. The number of hydrazine groups is 1. The summed E-state index contributed by atoms with van der Waals surface area (Å²) >= 11 is 0. The van der Waals surface area contributed by atoms with Gasteiger partial charge in [-0.3, -0.25) is 0 Å². The number of aryl methyl sites for hydroxylation is 1. The van der Waals surface area contributed by atoms with Crippen LogP contribution in [0.1, 0.15) is 31.2 Å². The van der Waals surface area contributed by atoms with Crippen molar-refractivity contribution in [2.75, 3.05) is 5.43 Å². The van der Waals surface area contributed by atoms with Crippen LogP contribution in [0.2, 0.25) is 0 Å². The lowest BCUT2D eigenvalue weighted by Gasteiger charge is -2.10. The Bertz CT molecular complexity index is 569. The van der Waals surface area contributed by atoms with Crippen LogP contribution in [0.3, 0.4) is 0 Å². The van der Waals surface area contributed by atoms with E-state index in [1.807, 2.05) is 45.0 Å². The van der Waals surface area contributed by atoms with Crippen molar-refractivity contribution >= 4 is 5.82 Å². The molecule has 0 saturated heterocycles. The van der Waals surface area contributed by atoms with Gasteiger partial charge in [-0.1, -0.05) is 26.0 Å². The minimum Gasteiger partial charge on any atom is -0.439 e. The highest BCUT2D eigenvalue weighted by Gasteiger charge is 2.09. The van der Waals surface area contributed by atoms with E-state index in [-0.39, 0.29) is 5.92 Å². The fraction of sp³-hybridized carbons (Fsp3) is 0.286. The molecule has 5 nitrogen and oxygen atoms in total. The van der Waals surface area contributed by atoms with Gasteiger partial charge in [-0.15, -0.1) is 0 Å². The van der Waals surface area contributed by atoms with Crippen LogP contribution >= 0.6 is 0 Å². The lowest BCUT2D eigenvalue weighted by molar-refractivity contribution is 0.457. The van der Waals surface area contributed by atoms with Crippen LogP contribution in [0, 0.1) is 6.92 Å². The van der Waals surface area contributed by atoms with E-state index in [1.165, 1.54) is 0 Å². The van der Waals surface area contributed by atoms with Gasteiger partial charge in [-0.2, -0.15) is 4.98 Å². The molecule has 1 aromatic carbocycles. The Morgan fingerprint density at radius 2 is 2.00 bits per heavy atom. The molecule has 0 spiro atoms. The van der Waals surface area contributed by atoms with Gasteiger partial charge < -0.3 is 10.2 Å². The summed E-state index contributed by atoms with van der Waals surface area (Å²) in [4.78, 5) is 8.66. The lowest BCUT2D eigenvalue weighted by atomic mass is 10.2. The number of hydrogen-bond acceptors (Lipinski definition) is 5. The first kappa shape index (κ1) is 13.3. The number of aromatic nitrogens is 2. The van der Waals surface area contributed by atoms with Crippen LogP contribution in [0.25, 0.3) is 0 Å². The van der Waals surface area contributed by atoms with Crippen molar-refractivity contribution < 1.29 is 4.74 Å².